The van der Waals surface area contributed by atoms with E-state index >= 15 is 0 Å². The first-order valence-electron chi connectivity index (χ1n) is 6.67. The van der Waals surface area contributed by atoms with Crippen molar-refractivity contribution in [3.05, 3.63) is 48.0 Å². The number of ether oxygens (including phenoxy) is 3. The molecule has 0 aromatic heterocycles. The van der Waals surface area contributed by atoms with Crippen LogP contribution >= 0.6 is 0 Å². The van der Waals surface area contributed by atoms with Crippen molar-refractivity contribution < 1.29 is 22.6 Å². The highest BCUT2D eigenvalue weighted by Gasteiger charge is 2.13. The second-order valence-corrected chi connectivity index (χ2v) is 6.10. The van der Waals surface area contributed by atoms with Gasteiger partial charge in [-0.15, -0.1) is 0 Å². The maximum absolute atomic E-state index is 12.2. The van der Waals surface area contributed by atoms with E-state index in [1.54, 1.807) is 30.3 Å². The zero-order valence-corrected chi connectivity index (χ0v) is 13.8. The van der Waals surface area contributed by atoms with Gasteiger partial charge in [0.2, 0.25) is 0 Å². The van der Waals surface area contributed by atoms with E-state index < -0.39 is 10.0 Å². The maximum Gasteiger partial charge on any atom is 0.282 e. The van der Waals surface area contributed by atoms with Gasteiger partial charge in [-0.2, -0.15) is 12.8 Å². The van der Waals surface area contributed by atoms with Gasteiger partial charge in [-0.25, -0.2) is 0 Å². The Kier molecular flexibility index (Phi) is 5.23. The number of methoxy groups -OCH3 is 3. The third kappa shape index (κ3) is 3.81. The molecule has 0 saturated carbocycles. The second kappa shape index (κ2) is 7.15. The Morgan fingerprint density at radius 2 is 1.43 bits per heavy atom. The van der Waals surface area contributed by atoms with Crippen LogP contribution in [-0.2, 0) is 10.0 Å². The molecule has 23 heavy (non-hydrogen) atoms. The van der Waals surface area contributed by atoms with Crippen molar-refractivity contribution in [1.82, 2.24) is 0 Å². The van der Waals surface area contributed by atoms with E-state index in [9.17, 15) is 8.42 Å². The van der Waals surface area contributed by atoms with Crippen LogP contribution in [0.2, 0.25) is 0 Å². The summed E-state index contributed by atoms with van der Waals surface area (Å²) in [5, 5.41) is 0. The summed E-state index contributed by atoms with van der Waals surface area (Å²) in [7, 11) is 0.696. The van der Waals surface area contributed by atoms with Crippen molar-refractivity contribution in [3.8, 4) is 17.2 Å². The molecular weight excluding hydrogens is 318 g/mol. The summed E-state index contributed by atoms with van der Waals surface area (Å²) in [5.41, 5.74) is 0.463. The van der Waals surface area contributed by atoms with Crippen molar-refractivity contribution in [3.63, 3.8) is 0 Å². The molecule has 0 heterocycles. The number of hydrogen-bond donors (Lipinski definition) is 0. The van der Waals surface area contributed by atoms with Gasteiger partial charge in [0.05, 0.1) is 32.4 Å². The summed E-state index contributed by atoms with van der Waals surface area (Å²) in [5.74, 6) is 1.36. The predicted molar refractivity (Wildman–Crippen MR) is 87.3 cm³/mol. The molecule has 0 N–H and O–H groups in total. The highest BCUT2D eigenvalue weighted by atomic mass is 32.2. The Labute approximate surface area is 135 Å². The van der Waals surface area contributed by atoms with Gasteiger partial charge in [0.1, 0.15) is 5.75 Å². The Bertz CT molecular complexity index is 801. The molecule has 0 saturated heterocycles. The SMILES string of the molecule is COc1cc(OC)c(OC)cc1/C=N\S(=O)(=O)c1ccccc1. The first kappa shape index (κ1) is 16.8. The quantitative estimate of drug-likeness (QED) is 0.758. The monoisotopic (exact) mass is 335 g/mol. The van der Waals surface area contributed by atoms with Gasteiger partial charge in [-0.05, 0) is 18.2 Å². The Hall–Kier alpha value is -2.54. The van der Waals surface area contributed by atoms with Gasteiger partial charge in [0.15, 0.2) is 11.5 Å². The third-order valence-electron chi connectivity index (χ3n) is 3.11. The number of hydrogen-bond acceptors (Lipinski definition) is 5. The molecule has 0 spiro atoms. The van der Waals surface area contributed by atoms with Crippen LogP contribution in [0.1, 0.15) is 5.56 Å². The minimum absolute atomic E-state index is 0.121. The molecule has 0 fully saturated rings. The summed E-state index contributed by atoms with van der Waals surface area (Å²) < 4.78 is 43.7. The predicted octanol–water partition coefficient (Wildman–Crippen LogP) is 2.52. The average Bonchev–Trinajstić information content (AvgIpc) is 2.59. The minimum atomic E-state index is -3.78. The van der Waals surface area contributed by atoms with Crippen molar-refractivity contribution >= 4 is 16.2 Å². The lowest BCUT2D eigenvalue weighted by Crippen LogP contribution is -2.00. The van der Waals surface area contributed by atoms with E-state index in [1.165, 1.54) is 39.7 Å². The largest absolute Gasteiger partial charge is 0.496 e. The van der Waals surface area contributed by atoms with Crippen molar-refractivity contribution in [2.75, 3.05) is 21.3 Å². The van der Waals surface area contributed by atoms with Crippen LogP contribution in [0.5, 0.6) is 17.2 Å². The van der Waals surface area contributed by atoms with E-state index in [4.69, 9.17) is 14.2 Å². The van der Waals surface area contributed by atoms with Crippen LogP contribution in [0.4, 0.5) is 0 Å². The molecule has 0 bridgehead atoms. The standard InChI is InChI=1S/C16H17NO5S/c1-20-14-10-16(22-3)15(21-2)9-12(14)11-17-23(18,19)13-7-5-4-6-8-13/h4-11H,1-3H3/b17-11-. The molecular formula is C16H17NO5S. The molecule has 2 rings (SSSR count). The van der Waals surface area contributed by atoms with E-state index in [0.717, 1.165) is 0 Å². The highest BCUT2D eigenvalue weighted by molar-refractivity contribution is 7.90. The normalized spacial score (nSPS) is 11.4. The van der Waals surface area contributed by atoms with Crippen LogP contribution < -0.4 is 14.2 Å². The van der Waals surface area contributed by atoms with Crippen LogP contribution in [0.15, 0.2) is 51.8 Å². The topological polar surface area (TPSA) is 74.2 Å². The number of sulfonamides is 1. The van der Waals surface area contributed by atoms with Gasteiger partial charge in [0, 0.05) is 11.6 Å². The van der Waals surface area contributed by atoms with Gasteiger partial charge >= 0.3 is 0 Å². The molecule has 0 amide bonds. The van der Waals surface area contributed by atoms with Gasteiger partial charge in [-0.1, -0.05) is 18.2 Å². The summed E-state index contributed by atoms with van der Waals surface area (Å²) in [6, 6.07) is 11.2. The van der Waals surface area contributed by atoms with E-state index in [0.29, 0.717) is 22.8 Å². The molecule has 7 heteroatoms. The molecule has 0 aliphatic carbocycles. The number of nitrogens with zero attached hydrogens (tertiary/aromatic N) is 1. The van der Waals surface area contributed by atoms with Crippen molar-refractivity contribution in [2.24, 2.45) is 4.40 Å². The van der Waals surface area contributed by atoms with Crippen molar-refractivity contribution in [2.45, 2.75) is 4.90 Å². The Balaban J connectivity index is 2.43. The zero-order chi connectivity index (χ0) is 16.9. The fraction of sp³-hybridized carbons (Fsp3) is 0.188. The molecule has 2 aromatic rings. The highest BCUT2D eigenvalue weighted by Crippen LogP contribution is 2.33. The van der Waals surface area contributed by atoms with Crippen LogP contribution in [-0.4, -0.2) is 36.0 Å². The first-order chi connectivity index (χ1) is 11.0. The maximum atomic E-state index is 12.2. The first-order valence-corrected chi connectivity index (χ1v) is 8.11. The second-order valence-electron chi connectivity index (χ2n) is 4.47. The van der Waals surface area contributed by atoms with E-state index in [-0.39, 0.29) is 4.90 Å². The molecule has 0 radical (unpaired) electrons. The fourth-order valence-electron chi connectivity index (χ4n) is 1.93. The fourth-order valence-corrected chi connectivity index (χ4v) is 2.81. The summed E-state index contributed by atoms with van der Waals surface area (Å²) >= 11 is 0. The van der Waals surface area contributed by atoms with Crippen LogP contribution in [0, 0.1) is 0 Å². The summed E-state index contributed by atoms with van der Waals surface area (Å²) in [6.45, 7) is 0. The molecule has 122 valence electrons. The van der Waals surface area contributed by atoms with E-state index in [1.807, 2.05) is 0 Å². The Morgan fingerprint density at radius 1 is 0.870 bits per heavy atom. The number of benzene rings is 2. The zero-order valence-electron chi connectivity index (χ0n) is 13.0. The molecule has 0 unspecified atom stereocenters. The van der Waals surface area contributed by atoms with Gasteiger partial charge < -0.3 is 14.2 Å². The third-order valence-corrected chi connectivity index (χ3v) is 4.36. The molecule has 0 aliphatic heterocycles. The lowest BCUT2D eigenvalue weighted by Gasteiger charge is -2.11. The van der Waals surface area contributed by atoms with Gasteiger partial charge in [-0.3, -0.25) is 0 Å². The molecule has 2 aromatic carbocycles. The summed E-state index contributed by atoms with van der Waals surface area (Å²) in [6.07, 6.45) is 1.23. The van der Waals surface area contributed by atoms with Crippen LogP contribution in [0.3, 0.4) is 0 Å². The average molecular weight is 335 g/mol. The smallest absolute Gasteiger partial charge is 0.282 e. The lowest BCUT2D eigenvalue weighted by atomic mass is 10.2. The van der Waals surface area contributed by atoms with Crippen LogP contribution in [0.25, 0.3) is 0 Å². The molecule has 0 atom stereocenters. The lowest BCUT2D eigenvalue weighted by molar-refractivity contribution is 0.349. The van der Waals surface area contributed by atoms with Crippen molar-refractivity contribution in [1.29, 1.82) is 0 Å². The summed E-state index contributed by atoms with van der Waals surface area (Å²) in [4.78, 5) is 0.121. The number of rotatable bonds is 6. The Morgan fingerprint density at radius 3 is 2.00 bits per heavy atom. The molecule has 6 nitrogen and oxygen atoms in total. The van der Waals surface area contributed by atoms with E-state index in [2.05, 4.69) is 4.40 Å². The molecule has 0 aliphatic rings. The minimum Gasteiger partial charge on any atom is -0.496 e. The van der Waals surface area contributed by atoms with Gasteiger partial charge in [0.25, 0.3) is 10.0 Å².